The molecule has 2 rings (SSSR count). The Morgan fingerprint density at radius 1 is 1.24 bits per heavy atom. The molecule has 1 saturated heterocycles. The van der Waals surface area contributed by atoms with Gasteiger partial charge in [-0.2, -0.15) is 4.31 Å². The maximum atomic E-state index is 12.3. The molecule has 0 atom stereocenters. The standard InChI is InChI=1S/C11H15NO4S/c1-9-6-10(13)8-11(7-9)17(14,15)12-2-4-16-5-3-12/h6-8,13H,2-5H2,1H3. The number of morpholine rings is 1. The minimum atomic E-state index is -3.51. The van der Waals surface area contributed by atoms with Gasteiger partial charge in [-0.05, 0) is 30.7 Å². The molecular formula is C11H15NO4S. The topological polar surface area (TPSA) is 66.8 Å². The van der Waals surface area contributed by atoms with Crippen LogP contribution >= 0.6 is 0 Å². The molecule has 1 N–H and O–H groups in total. The van der Waals surface area contributed by atoms with Gasteiger partial charge < -0.3 is 9.84 Å². The SMILES string of the molecule is Cc1cc(O)cc(S(=O)(=O)N2CCOCC2)c1. The van der Waals surface area contributed by atoms with Crippen molar-refractivity contribution >= 4 is 10.0 Å². The lowest BCUT2D eigenvalue weighted by atomic mass is 10.2. The van der Waals surface area contributed by atoms with Crippen molar-refractivity contribution in [3.8, 4) is 5.75 Å². The van der Waals surface area contributed by atoms with E-state index in [1.807, 2.05) is 0 Å². The van der Waals surface area contributed by atoms with E-state index in [4.69, 9.17) is 4.74 Å². The number of ether oxygens (including phenoxy) is 1. The molecule has 5 nitrogen and oxygen atoms in total. The maximum Gasteiger partial charge on any atom is 0.243 e. The third-order valence-electron chi connectivity index (χ3n) is 2.64. The van der Waals surface area contributed by atoms with Crippen LogP contribution in [0.25, 0.3) is 0 Å². The fraction of sp³-hybridized carbons (Fsp3) is 0.455. The highest BCUT2D eigenvalue weighted by Crippen LogP contribution is 2.22. The van der Waals surface area contributed by atoms with Crippen LogP contribution in [0.4, 0.5) is 0 Å². The number of phenols is 1. The lowest BCUT2D eigenvalue weighted by Crippen LogP contribution is -2.40. The Balaban J connectivity index is 2.36. The van der Waals surface area contributed by atoms with Crippen molar-refractivity contribution < 1.29 is 18.3 Å². The van der Waals surface area contributed by atoms with E-state index >= 15 is 0 Å². The predicted molar refractivity (Wildman–Crippen MR) is 62.4 cm³/mol. The summed E-state index contributed by atoms with van der Waals surface area (Å²) in [6, 6.07) is 4.36. The van der Waals surface area contributed by atoms with Gasteiger partial charge >= 0.3 is 0 Å². The van der Waals surface area contributed by atoms with Gasteiger partial charge in [0.1, 0.15) is 5.75 Å². The van der Waals surface area contributed by atoms with E-state index in [1.165, 1.54) is 16.4 Å². The van der Waals surface area contributed by atoms with Gasteiger partial charge in [0.15, 0.2) is 0 Å². The largest absolute Gasteiger partial charge is 0.508 e. The van der Waals surface area contributed by atoms with E-state index in [0.29, 0.717) is 26.3 Å². The smallest absolute Gasteiger partial charge is 0.243 e. The number of aryl methyl sites for hydroxylation is 1. The van der Waals surface area contributed by atoms with E-state index in [-0.39, 0.29) is 10.6 Å². The number of nitrogens with zero attached hydrogens (tertiary/aromatic N) is 1. The number of hydrogen-bond donors (Lipinski definition) is 1. The summed E-state index contributed by atoms with van der Waals surface area (Å²) in [7, 11) is -3.51. The summed E-state index contributed by atoms with van der Waals surface area (Å²) in [5.41, 5.74) is 0.719. The predicted octanol–water partition coefficient (Wildman–Crippen LogP) is 0.722. The zero-order valence-corrected chi connectivity index (χ0v) is 10.4. The Kier molecular flexibility index (Phi) is 3.37. The fourth-order valence-corrected chi connectivity index (χ4v) is 3.35. The molecule has 0 spiro atoms. The highest BCUT2D eigenvalue weighted by atomic mass is 32.2. The molecule has 0 saturated carbocycles. The van der Waals surface area contributed by atoms with Crippen LogP contribution in [0.2, 0.25) is 0 Å². The minimum Gasteiger partial charge on any atom is -0.508 e. The molecule has 1 aromatic carbocycles. The molecular weight excluding hydrogens is 242 g/mol. The Bertz CT molecular complexity index is 486. The molecule has 94 valence electrons. The zero-order valence-electron chi connectivity index (χ0n) is 9.59. The Labute approximate surface area is 101 Å². The van der Waals surface area contributed by atoms with Gasteiger partial charge in [0, 0.05) is 13.1 Å². The lowest BCUT2D eigenvalue weighted by Gasteiger charge is -2.26. The summed E-state index contributed by atoms with van der Waals surface area (Å²) in [5, 5.41) is 9.45. The second kappa shape index (κ2) is 4.64. The molecule has 0 radical (unpaired) electrons. The average Bonchev–Trinajstić information content (AvgIpc) is 2.29. The third kappa shape index (κ3) is 2.59. The minimum absolute atomic E-state index is 0.0307. The first-order valence-corrected chi connectivity index (χ1v) is 6.83. The molecule has 0 aromatic heterocycles. The summed E-state index contributed by atoms with van der Waals surface area (Å²) >= 11 is 0. The van der Waals surface area contributed by atoms with Gasteiger partial charge in [-0.1, -0.05) is 0 Å². The summed E-state index contributed by atoms with van der Waals surface area (Å²) in [4.78, 5) is 0.136. The van der Waals surface area contributed by atoms with Crippen LogP contribution in [-0.2, 0) is 14.8 Å². The monoisotopic (exact) mass is 257 g/mol. The molecule has 1 aliphatic heterocycles. The molecule has 17 heavy (non-hydrogen) atoms. The molecule has 0 unspecified atom stereocenters. The first-order valence-electron chi connectivity index (χ1n) is 5.39. The molecule has 0 aliphatic carbocycles. The second-order valence-electron chi connectivity index (χ2n) is 4.02. The van der Waals surface area contributed by atoms with Crippen molar-refractivity contribution in [3.63, 3.8) is 0 Å². The van der Waals surface area contributed by atoms with Crippen LogP contribution in [0.5, 0.6) is 5.75 Å². The molecule has 0 amide bonds. The highest BCUT2D eigenvalue weighted by Gasteiger charge is 2.26. The highest BCUT2D eigenvalue weighted by molar-refractivity contribution is 7.89. The van der Waals surface area contributed by atoms with E-state index in [0.717, 1.165) is 5.56 Å². The second-order valence-corrected chi connectivity index (χ2v) is 5.96. The number of aromatic hydroxyl groups is 1. The normalized spacial score (nSPS) is 18.2. The molecule has 1 heterocycles. The Morgan fingerprint density at radius 2 is 1.88 bits per heavy atom. The Morgan fingerprint density at radius 3 is 2.47 bits per heavy atom. The van der Waals surface area contributed by atoms with Crippen LogP contribution in [0.1, 0.15) is 5.56 Å². The van der Waals surface area contributed by atoms with Gasteiger partial charge in [0.25, 0.3) is 0 Å². The summed E-state index contributed by atoms with van der Waals surface area (Å²) in [6.07, 6.45) is 0. The number of hydrogen-bond acceptors (Lipinski definition) is 4. The van der Waals surface area contributed by atoms with E-state index < -0.39 is 10.0 Å². The van der Waals surface area contributed by atoms with Crippen LogP contribution in [0, 0.1) is 6.92 Å². The number of phenolic OH excluding ortho intramolecular Hbond substituents is 1. The van der Waals surface area contributed by atoms with E-state index in [9.17, 15) is 13.5 Å². The third-order valence-corrected chi connectivity index (χ3v) is 4.52. The van der Waals surface area contributed by atoms with Crippen molar-refractivity contribution in [1.29, 1.82) is 0 Å². The van der Waals surface area contributed by atoms with Crippen molar-refractivity contribution in [1.82, 2.24) is 4.31 Å². The fourth-order valence-electron chi connectivity index (χ4n) is 1.81. The van der Waals surface area contributed by atoms with Gasteiger partial charge in [-0.15, -0.1) is 0 Å². The summed E-state index contributed by atoms with van der Waals surface area (Å²) < 4.78 is 31.0. The first kappa shape index (κ1) is 12.3. The summed E-state index contributed by atoms with van der Waals surface area (Å²) in [5.74, 6) is -0.0307. The van der Waals surface area contributed by atoms with Crippen LogP contribution in [-0.4, -0.2) is 44.1 Å². The molecule has 1 aromatic rings. The summed E-state index contributed by atoms with van der Waals surface area (Å²) in [6.45, 7) is 3.29. The first-order chi connectivity index (χ1) is 8.00. The van der Waals surface area contributed by atoms with Crippen molar-refractivity contribution in [3.05, 3.63) is 23.8 Å². The van der Waals surface area contributed by atoms with E-state index in [2.05, 4.69) is 0 Å². The Hall–Kier alpha value is -1.11. The molecule has 0 bridgehead atoms. The van der Waals surface area contributed by atoms with Gasteiger partial charge in [0.05, 0.1) is 18.1 Å². The molecule has 1 aliphatic rings. The molecule has 6 heteroatoms. The number of benzene rings is 1. The molecule has 1 fully saturated rings. The number of rotatable bonds is 2. The lowest BCUT2D eigenvalue weighted by molar-refractivity contribution is 0.0730. The van der Waals surface area contributed by atoms with Gasteiger partial charge in [0.2, 0.25) is 10.0 Å². The number of sulfonamides is 1. The van der Waals surface area contributed by atoms with Crippen molar-refractivity contribution in [2.75, 3.05) is 26.3 Å². The van der Waals surface area contributed by atoms with Crippen LogP contribution in [0.15, 0.2) is 23.1 Å². The van der Waals surface area contributed by atoms with Crippen LogP contribution < -0.4 is 0 Å². The maximum absolute atomic E-state index is 12.3. The van der Waals surface area contributed by atoms with E-state index in [1.54, 1.807) is 13.0 Å². The average molecular weight is 257 g/mol. The van der Waals surface area contributed by atoms with Crippen molar-refractivity contribution in [2.45, 2.75) is 11.8 Å². The zero-order chi connectivity index (χ0) is 12.5. The van der Waals surface area contributed by atoms with Gasteiger partial charge in [-0.25, -0.2) is 8.42 Å². The van der Waals surface area contributed by atoms with Crippen molar-refractivity contribution in [2.24, 2.45) is 0 Å². The van der Waals surface area contributed by atoms with Crippen LogP contribution in [0.3, 0.4) is 0 Å². The van der Waals surface area contributed by atoms with Gasteiger partial charge in [-0.3, -0.25) is 0 Å². The quantitative estimate of drug-likeness (QED) is 0.848.